The Hall–Kier alpha value is 0.650. The summed E-state index contributed by atoms with van der Waals surface area (Å²) in [5, 5.41) is 3.71. The van der Waals surface area contributed by atoms with Gasteiger partial charge in [-0.05, 0) is 0 Å². The highest BCUT2D eigenvalue weighted by atomic mass is 33.5. The third-order valence-corrected chi connectivity index (χ3v) is 3.24. The van der Waals surface area contributed by atoms with Gasteiger partial charge in [0.05, 0.1) is 11.0 Å². The van der Waals surface area contributed by atoms with Crippen molar-refractivity contribution in [2.45, 2.75) is 0 Å². The molecule has 0 aromatic rings. The lowest BCUT2D eigenvalue weighted by atomic mass is 11.5. The Morgan fingerprint density at radius 1 is 1.50 bits per heavy atom. The van der Waals surface area contributed by atoms with E-state index in [1.165, 1.54) is 11.0 Å². The van der Waals surface area contributed by atoms with Crippen LogP contribution in [-0.2, 0) is 0 Å². The summed E-state index contributed by atoms with van der Waals surface area (Å²) in [5.41, 5.74) is 0. The van der Waals surface area contributed by atoms with E-state index in [-0.39, 0.29) is 0 Å². The molecule has 0 bridgehead atoms. The fraction of sp³-hybridized carbons (Fsp3) is 1.00. The molecule has 0 radical (unpaired) electrons. The number of rotatable bonds is 0. The number of hydrogen-bond acceptors (Lipinski definition) is 5. The highest BCUT2D eigenvalue weighted by Gasteiger charge is 1.91. The van der Waals surface area contributed by atoms with Crippen molar-refractivity contribution in [1.82, 2.24) is 0 Å². The van der Waals surface area contributed by atoms with Crippen LogP contribution < -0.4 is 0 Å². The summed E-state index contributed by atoms with van der Waals surface area (Å²) in [5.74, 6) is 0.817. The Balaban J connectivity index is 2.26. The molecular formula is CH2N2S3. The standard InChI is InChI=1S/CH2N2S3/c1-2-3-5-6-4-1/h1H2. The van der Waals surface area contributed by atoms with Gasteiger partial charge in [0.15, 0.2) is 0 Å². The lowest BCUT2D eigenvalue weighted by Gasteiger charge is -1.93. The summed E-state index contributed by atoms with van der Waals surface area (Å²) in [7, 11) is 4.81. The molecule has 0 spiro atoms. The van der Waals surface area contributed by atoms with Crippen LogP contribution in [0.25, 0.3) is 0 Å². The Bertz CT molecular complexity index is 53.8. The van der Waals surface area contributed by atoms with Gasteiger partial charge < -0.3 is 0 Å². The van der Waals surface area contributed by atoms with Crippen LogP contribution in [0, 0.1) is 0 Å². The van der Waals surface area contributed by atoms with Crippen LogP contribution in [0.2, 0.25) is 0 Å². The van der Waals surface area contributed by atoms with Gasteiger partial charge in [-0.15, -0.1) is 4.52 Å². The largest absolute Gasteiger partial charge is 0.169 e. The van der Waals surface area contributed by atoms with Crippen LogP contribution in [0.1, 0.15) is 0 Å². The molecule has 0 aromatic heterocycles. The first-order chi connectivity index (χ1) is 3.00. The summed E-state index contributed by atoms with van der Waals surface area (Å²) in [6.45, 7) is 0. The molecule has 5 heteroatoms. The van der Waals surface area contributed by atoms with E-state index >= 15 is 0 Å². The Morgan fingerprint density at radius 2 is 2.50 bits per heavy atom. The maximum Gasteiger partial charge on any atom is 0.117 e. The Kier molecular flexibility index (Phi) is 2.21. The minimum Gasteiger partial charge on any atom is -0.169 e. The molecule has 0 fully saturated rings. The average molecular weight is 138 g/mol. The zero-order valence-electron chi connectivity index (χ0n) is 2.83. The second kappa shape index (κ2) is 2.76. The van der Waals surface area contributed by atoms with E-state index in [9.17, 15) is 0 Å². The van der Waals surface area contributed by atoms with Crippen LogP contribution >= 0.6 is 31.6 Å². The minimum atomic E-state index is 0.817. The fourth-order valence-corrected chi connectivity index (χ4v) is 2.17. The van der Waals surface area contributed by atoms with Gasteiger partial charge >= 0.3 is 0 Å². The van der Waals surface area contributed by atoms with Crippen molar-refractivity contribution < 1.29 is 0 Å². The molecule has 6 heavy (non-hydrogen) atoms. The molecule has 0 unspecified atom stereocenters. The first-order valence-electron chi connectivity index (χ1n) is 1.32. The van der Waals surface area contributed by atoms with Crippen LogP contribution in [0.5, 0.6) is 0 Å². The predicted molar refractivity (Wildman–Crippen MR) is 32.5 cm³/mol. The van der Waals surface area contributed by atoms with E-state index in [0.29, 0.717) is 0 Å². The lowest BCUT2D eigenvalue weighted by Crippen LogP contribution is -1.63. The molecule has 0 amide bonds. The molecular weight excluding hydrogens is 136 g/mol. The third-order valence-electron chi connectivity index (χ3n) is 0.280. The van der Waals surface area contributed by atoms with Crippen molar-refractivity contribution in [2.24, 2.45) is 9.63 Å². The van der Waals surface area contributed by atoms with Crippen LogP contribution in [-0.4, -0.2) is 5.88 Å². The van der Waals surface area contributed by atoms with Gasteiger partial charge in [0.2, 0.25) is 0 Å². The van der Waals surface area contributed by atoms with Crippen LogP contribution in [0.4, 0.5) is 0 Å². The van der Waals surface area contributed by atoms with Gasteiger partial charge in [0.1, 0.15) is 5.88 Å². The SMILES string of the molecule is C1N=NSSS1. The molecule has 0 aliphatic carbocycles. The van der Waals surface area contributed by atoms with Crippen LogP contribution in [0.3, 0.4) is 0 Å². The van der Waals surface area contributed by atoms with Gasteiger partial charge in [0.25, 0.3) is 0 Å². The first-order valence-corrected chi connectivity index (χ1v) is 4.93. The zero-order valence-corrected chi connectivity index (χ0v) is 5.28. The minimum absolute atomic E-state index is 0.817. The molecule has 1 aliphatic heterocycles. The summed E-state index contributed by atoms with van der Waals surface area (Å²) < 4.78 is 3.66. The summed E-state index contributed by atoms with van der Waals surface area (Å²) >= 11 is 0. The normalized spacial score (nSPS) is 21.3. The summed E-state index contributed by atoms with van der Waals surface area (Å²) in [6.07, 6.45) is 0. The van der Waals surface area contributed by atoms with E-state index in [1.54, 1.807) is 20.6 Å². The Morgan fingerprint density at radius 3 is 2.67 bits per heavy atom. The van der Waals surface area contributed by atoms with Gasteiger partial charge in [-0.1, -0.05) is 10.8 Å². The molecule has 34 valence electrons. The third kappa shape index (κ3) is 1.40. The molecule has 0 N–H and O–H groups in total. The zero-order chi connectivity index (χ0) is 4.24. The average Bonchev–Trinajstić information content (AvgIpc) is 1.72. The number of nitrogens with zero attached hydrogens (tertiary/aromatic N) is 2. The van der Waals surface area contributed by atoms with E-state index in [0.717, 1.165) is 5.88 Å². The van der Waals surface area contributed by atoms with Crippen molar-refractivity contribution >= 4 is 31.6 Å². The van der Waals surface area contributed by atoms with E-state index in [4.69, 9.17) is 0 Å². The predicted octanol–water partition coefficient (Wildman–Crippen LogP) is 2.35. The summed E-state index contributed by atoms with van der Waals surface area (Å²) in [6, 6.07) is 0. The van der Waals surface area contributed by atoms with Gasteiger partial charge in [-0.2, -0.15) is 5.11 Å². The molecule has 0 saturated carbocycles. The Labute approximate surface area is 47.5 Å². The highest BCUT2D eigenvalue weighted by Crippen LogP contribution is 2.38. The molecule has 1 aliphatic rings. The van der Waals surface area contributed by atoms with E-state index in [1.807, 2.05) is 0 Å². The topological polar surface area (TPSA) is 24.7 Å². The molecule has 2 nitrogen and oxygen atoms in total. The van der Waals surface area contributed by atoms with Crippen molar-refractivity contribution in [3.63, 3.8) is 0 Å². The quantitative estimate of drug-likeness (QED) is 0.379. The van der Waals surface area contributed by atoms with Gasteiger partial charge in [-0.25, -0.2) is 0 Å². The van der Waals surface area contributed by atoms with Crippen molar-refractivity contribution in [2.75, 3.05) is 5.88 Å². The second-order valence-corrected chi connectivity index (χ2v) is 4.34. The van der Waals surface area contributed by atoms with Crippen molar-refractivity contribution in [1.29, 1.82) is 0 Å². The first kappa shape index (κ1) is 4.80. The van der Waals surface area contributed by atoms with E-state index in [2.05, 4.69) is 9.63 Å². The molecule has 0 saturated heterocycles. The van der Waals surface area contributed by atoms with Crippen LogP contribution in [0.15, 0.2) is 9.63 Å². The van der Waals surface area contributed by atoms with E-state index < -0.39 is 0 Å². The molecule has 1 rings (SSSR count). The monoisotopic (exact) mass is 138 g/mol. The smallest absolute Gasteiger partial charge is 0.117 e. The van der Waals surface area contributed by atoms with Crippen molar-refractivity contribution in [3.8, 4) is 0 Å². The second-order valence-electron chi connectivity index (χ2n) is 0.613. The highest BCUT2D eigenvalue weighted by molar-refractivity contribution is 9.09. The van der Waals surface area contributed by atoms with Gasteiger partial charge in [0, 0.05) is 9.83 Å². The van der Waals surface area contributed by atoms with Crippen molar-refractivity contribution in [3.05, 3.63) is 0 Å². The van der Waals surface area contributed by atoms with Gasteiger partial charge in [-0.3, -0.25) is 0 Å². The fourth-order valence-electron chi connectivity index (χ4n) is 0.127. The molecule has 0 aromatic carbocycles. The molecule has 0 atom stereocenters. The summed E-state index contributed by atoms with van der Waals surface area (Å²) in [4.78, 5) is 0. The maximum atomic E-state index is 3.71. The number of hydrogen-bond donors (Lipinski definition) is 0. The molecule has 1 heterocycles. The maximum absolute atomic E-state index is 3.71. The lowest BCUT2D eigenvalue weighted by molar-refractivity contribution is 1.22.